The zero-order valence-electron chi connectivity index (χ0n) is 5.89. The number of nitrogens with one attached hydrogen (secondary N) is 1. The highest BCUT2D eigenvalue weighted by Gasteiger charge is 2.31. The predicted molar refractivity (Wildman–Crippen MR) is 34.1 cm³/mol. The third-order valence-corrected chi connectivity index (χ3v) is 1.66. The van der Waals surface area contributed by atoms with E-state index in [9.17, 15) is 4.79 Å². The Morgan fingerprint density at radius 2 is 2.50 bits per heavy atom. The van der Waals surface area contributed by atoms with Gasteiger partial charge < -0.3 is 5.32 Å². The van der Waals surface area contributed by atoms with Crippen molar-refractivity contribution in [1.82, 2.24) is 5.32 Å². The number of amides is 1. The molecule has 4 heteroatoms. The molecule has 4 nitrogen and oxygen atoms in total. The monoisotopic (exact) mass is 145 g/mol. The topological polar surface area (TPSA) is 58.6 Å². The number of piperidine rings is 1. The summed E-state index contributed by atoms with van der Waals surface area (Å²) < 4.78 is 0. The number of carbonyl (C=O) groups is 1. The fourth-order valence-electron chi connectivity index (χ4n) is 1.07. The molecular formula is C6H11NO3. The molecule has 1 saturated heterocycles. The van der Waals surface area contributed by atoms with Crippen molar-refractivity contribution < 1.29 is 14.9 Å². The van der Waals surface area contributed by atoms with Gasteiger partial charge in [-0.3, -0.25) is 4.79 Å². The molecule has 0 aromatic carbocycles. The lowest BCUT2D eigenvalue weighted by Crippen LogP contribution is -2.50. The molecule has 1 atom stereocenters. The molecule has 0 saturated carbocycles. The summed E-state index contributed by atoms with van der Waals surface area (Å²) in [5.74, 6) is -0.0669. The summed E-state index contributed by atoms with van der Waals surface area (Å²) in [6, 6.07) is 0. The first-order valence-corrected chi connectivity index (χ1v) is 3.30. The Bertz CT molecular complexity index is 148. The minimum Gasteiger partial charge on any atom is -0.326 e. The van der Waals surface area contributed by atoms with E-state index in [-0.39, 0.29) is 5.91 Å². The quantitative estimate of drug-likeness (QED) is 0.417. The minimum atomic E-state index is -0.852. The Morgan fingerprint density at radius 1 is 1.80 bits per heavy atom. The van der Waals surface area contributed by atoms with Crippen molar-refractivity contribution in [2.24, 2.45) is 0 Å². The van der Waals surface area contributed by atoms with Crippen molar-refractivity contribution in [2.45, 2.75) is 31.9 Å². The van der Waals surface area contributed by atoms with Gasteiger partial charge in [0.2, 0.25) is 5.91 Å². The van der Waals surface area contributed by atoms with Crippen LogP contribution in [0.2, 0.25) is 0 Å². The van der Waals surface area contributed by atoms with Crippen molar-refractivity contribution in [2.75, 3.05) is 0 Å². The van der Waals surface area contributed by atoms with E-state index in [0.717, 1.165) is 6.42 Å². The van der Waals surface area contributed by atoms with Gasteiger partial charge in [0.15, 0.2) is 5.72 Å². The van der Waals surface area contributed by atoms with Gasteiger partial charge in [0.1, 0.15) is 0 Å². The van der Waals surface area contributed by atoms with Gasteiger partial charge in [-0.15, -0.1) is 0 Å². The highest BCUT2D eigenvalue weighted by Crippen LogP contribution is 2.18. The molecule has 0 aromatic rings. The Morgan fingerprint density at radius 3 is 2.90 bits per heavy atom. The molecule has 2 N–H and O–H groups in total. The van der Waals surface area contributed by atoms with Crippen LogP contribution in [0.15, 0.2) is 0 Å². The van der Waals surface area contributed by atoms with Crippen molar-refractivity contribution in [1.29, 1.82) is 0 Å². The van der Waals surface area contributed by atoms with E-state index in [1.807, 2.05) is 0 Å². The molecule has 1 aliphatic rings. The van der Waals surface area contributed by atoms with Crippen molar-refractivity contribution in [3.63, 3.8) is 0 Å². The lowest BCUT2D eigenvalue weighted by atomic mass is 10.0. The van der Waals surface area contributed by atoms with E-state index in [1.54, 1.807) is 6.92 Å². The lowest BCUT2D eigenvalue weighted by molar-refractivity contribution is -0.329. The second-order valence-electron chi connectivity index (χ2n) is 2.72. The lowest BCUT2D eigenvalue weighted by Gasteiger charge is -2.30. The number of carbonyl (C=O) groups excluding carboxylic acids is 1. The van der Waals surface area contributed by atoms with Gasteiger partial charge in [-0.1, -0.05) is 0 Å². The summed E-state index contributed by atoms with van der Waals surface area (Å²) in [5, 5.41) is 10.9. The summed E-state index contributed by atoms with van der Waals surface area (Å²) in [4.78, 5) is 14.9. The van der Waals surface area contributed by atoms with Gasteiger partial charge in [-0.25, -0.2) is 10.1 Å². The average molecular weight is 145 g/mol. The number of rotatable bonds is 1. The maximum atomic E-state index is 10.7. The molecule has 0 aromatic heterocycles. The molecule has 1 unspecified atom stereocenters. The molecule has 1 aliphatic heterocycles. The summed E-state index contributed by atoms with van der Waals surface area (Å²) in [7, 11) is 0. The van der Waals surface area contributed by atoms with Crippen molar-refractivity contribution in [3.05, 3.63) is 0 Å². The van der Waals surface area contributed by atoms with Crippen LogP contribution in [0.1, 0.15) is 26.2 Å². The fraction of sp³-hybridized carbons (Fsp3) is 0.833. The van der Waals surface area contributed by atoms with E-state index in [2.05, 4.69) is 10.2 Å². The van der Waals surface area contributed by atoms with Crippen LogP contribution in [-0.4, -0.2) is 16.9 Å². The van der Waals surface area contributed by atoms with Crippen LogP contribution in [0.25, 0.3) is 0 Å². The van der Waals surface area contributed by atoms with E-state index >= 15 is 0 Å². The van der Waals surface area contributed by atoms with E-state index in [4.69, 9.17) is 5.26 Å². The second kappa shape index (κ2) is 2.56. The molecule has 0 aliphatic carbocycles. The van der Waals surface area contributed by atoms with Gasteiger partial charge in [-0.2, -0.15) is 0 Å². The van der Waals surface area contributed by atoms with E-state index in [0.29, 0.717) is 12.8 Å². The van der Waals surface area contributed by atoms with Gasteiger partial charge in [0, 0.05) is 6.42 Å². The van der Waals surface area contributed by atoms with Crippen LogP contribution in [0.4, 0.5) is 0 Å². The minimum absolute atomic E-state index is 0.0669. The second-order valence-corrected chi connectivity index (χ2v) is 2.72. The first-order valence-electron chi connectivity index (χ1n) is 3.30. The summed E-state index contributed by atoms with van der Waals surface area (Å²) in [6.45, 7) is 1.64. The first kappa shape index (κ1) is 7.50. The van der Waals surface area contributed by atoms with Gasteiger partial charge >= 0.3 is 0 Å². The van der Waals surface area contributed by atoms with Crippen molar-refractivity contribution >= 4 is 5.91 Å². The predicted octanol–water partition coefficient (Wildman–Crippen LogP) is 0.492. The highest BCUT2D eigenvalue weighted by atomic mass is 17.1. The maximum Gasteiger partial charge on any atom is 0.222 e. The van der Waals surface area contributed by atoms with Gasteiger partial charge in [0.25, 0.3) is 0 Å². The number of hydrogen-bond acceptors (Lipinski definition) is 3. The zero-order valence-corrected chi connectivity index (χ0v) is 5.89. The van der Waals surface area contributed by atoms with Crippen LogP contribution in [0.5, 0.6) is 0 Å². The molecule has 1 rings (SSSR count). The zero-order chi connectivity index (χ0) is 7.61. The number of hydrogen-bond donors (Lipinski definition) is 2. The van der Waals surface area contributed by atoms with Crippen LogP contribution < -0.4 is 5.32 Å². The Kier molecular flexibility index (Phi) is 1.92. The van der Waals surface area contributed by atoms with E-state index < -0.39 is 5.72 Å². The molecule has 58 valence electrons. The molecule has 10 heavy (non-hydrogen) atoms. The van der Waals surface area contributed by atoms with Crippen LogP contribution >= 0.6 is 0 Å². The average Bonchev–Trinajstić information content (AvgIpc) is 1.88. The van der Waals surface area contributed by atoms with Gasteiger partial charge in [-0.05, 0) is 19.8 Å². The highest BCUT2D eigenvalue weighted by molar-refractivity contribution is 5.77. The van der Waals surface area contributed by atoms with Crippen LogP contribution in [0.3, 0.4) is 0 Å². The molecule has 0 bridgehead atoms. The molecule has 0 spiro atoms. The molecule has 1 heterocycles. The third kappa shape index (κ3) is 1.46. The maximum absolute atomic E-state index is 10.7. The Balaban J connectivity index is 2.53. The summed E-state index contributed by atoms with van der Waals surface area (Å²) in [6.07, 6.45) is 1.96. The fourth-order valence-corrected chi connectivity index (χ4v) is 1.07. The van der Waals surface area contributed by atoms with Crippen molar-refractivity contribution in [3.8, 4) is 0 Å². The van der Waals surface area contributed by atoms with E-state index in [1.165, 1.54) is 0 Å². The largest absolute Gasteiger partial charge is 0.326 e. The molecule has 0 radical (unpaired) electrons. The summed E-state index contributed by atoms with van der Waals surface area (Å²) >= 11 is 0. The molecule has 1 fully saturated rings. The smallest absolute Gasteiger partial charge is 0.222 e. The Hall–Kier alpha value is -0.610. The van der Waals surface area contributed by atoms with Crippen LogP contribution in [0, 0.1) is 0 Å². The third-order valence-electron chi connectivity index (χ3n) is 1.66. The first-order chi connectivity index (χ1) is 4.66. The normalized spacial score (nSPS) is 33.6. The standard InChI is InChI=1S/C6H11NO3/c1-6(10-9)4-2-3-5(8)7-6/h9H,2-4H2,1H3,(H,7,8). The molecule has 1 amide bonds. The van der Waals surface area contributed by atoms with Crippen LogP contribution in [-0.2, 0) is 9.68 Å². The van der Waals surface area contributed by atoms with Gasteiger partial charge in [0.05, 0.1) is 0 Å². The summed E-state index contributed by atoms with van der Waals surface area (Å²) in [5.41, 5.74) is -0.852. The molecular weight excluding hydrogens is 134 g/mol. The Labute approximate surface area is 59.1 Å². The SMILES string of the molecule is CC1(OO)CCCC(=O)N1.